The molecule has 0 aromatic carbocycles. The van der Waals surface area contributed by atoms with Crippen LogP contribution >= 0.6 is 0 Å². The Morgan fingerprint density at radius 3 is 1.45 bits per heavy atom. The van der Waals surface area contributed by atoms with E-state index in [1.165, 1.54) is 0 Å². The molecule has 0 spiro atoms. The molecule has 0 saturated carbocycles. The third-order valence-electron chi connectivity index (χ3n) is 7.34. The van der Waals surface area contributed by atoms with Crippen molar-refractivity contribution in [2.24, 2.45) is 11.8 Å². The molecule has 11 nitrogen and oxygen atoms in total. The van der Waals surface area contributed by atoms with Gasteiger partial charge < -0.3 is 24.4 Å². The Morgan fingerprint density at radius 1 is 0.762 bits per heavy atom. The maximum Gasteiger partial charge on any atom is 0.410 e. The third kappa shape index (κ3) is 11.3. The normalized spacial score (nSPS) is 17.0. The maximum absolute atomic E-state index is 12.0. The smallest absolute Gasteiger partial charge is 0.410 e. The van der Waals surface area contributed by atoms with Crippen molar-refractivity contribution in [3.05, 3.63) is 35.9 Å². The molecule has 2 aromatic heterocycles. The van der Waals surface area contributed by atoms with Crippen molar-refractivity contribution in [1.82, 2.24) is 29.4 Å². The number of ether oxygens (including phenoxy) is 2. The van der Waals surface area contributed by atoms with Crippen LogP contribution in [0.1, 0.15) is 85.5 Å². The summed E-state index contributed by atoms with van der Waals surface area (Å²) in [4.78, 5) is 27.6. The van der Waals surface area contributed by atoms with Crippen LogP contribution in [0.25, 0.3) is 0 Å². The second kappa shape index (κ2) is 14.9. The number of amides is 2. The number of aliphatic hydroxyl groups excluding tert-OH is 1. The van der Waals surface area contributed by atoms with Crippen molar-refractivity contribution in [2.75, 3.05) is 26.2 Å². The minimum atomic E-state index is -0.441. The topological polar surface area (TPSA) is 115 Å². The summed E-state index contributed by atoms with van der Waals surface area (Å²) in [6, 6.07) is 3.91. The van der Waals surface area contributed by atoms with Crippen LogP contribution in [0.15, 0.2) is 24.5 Å². The van der Waals surface area contributed by atoms with E-state index in [0.717, 1.165) is 77.1 Å². The summed E-state index contributed by atoms with van der Waals surface area (Å²) in [5.41, 5.74) is 0.978. The molecule has 2 saturated heterocycles. The van der Waals surface area contributed by atoms with Crippen molar-refractivity contribution in [1.29, 1.82) is 0 Å². The molecule has 4 heterocycles. The van der Waals surface area contributed by atoms with E-state index in [-0.39, 0.29) is 18.8 Å². The van der Waals surface area contributed by atoms with Gasteiger partial charge in [0.15, 0.2) is 0 Å². The summed E-state index contributed by atoms with van der Waals surface area (Å²) in [6.07, 6.45) is 8.45. The second-order valence-corrected chi connectivity index (χ2v) is 13.4. The lowest BCUT2D eigenvalue weighted by Gasteiger charge is -2.33. The molecule has 236 valence electrons. The van der Waals surface area contributed by atoms with Crippen LogP contribution < -0.4 is 0 Å². The average Bonchev–Trinajstić information content (AvgIpc) is 3.57. The molecular formula is C31H52N6O5. The van der Waals surface area contributed by atoms with Gasteiger partial charge in [-0.15, -0.1) is 0 Å². The fourth-order valence-corrected chi connectivity index (χ4v) is 5.06. The largest absolute Gasteiger partial charge is 0.444 e. The first-order valence-electron chi connectivity index (χ1n) is 15.4. The average molecular weight is 589 g/mol. The Kier molecular flexibility index (Phi) is 11.8. The van der Waals surface area contributed by atoms with E-state index < -0.39 is 11.2 Å². The van der Waals surface area contributed by atoms with Crippen LogP contribution in [0.4, 0.5) is 9.59 Å². The van der Waals surface area contributed by atoms with Gasteiger partial charge >= 0.3 is 12.2 Å². The fraction of sp³-hybridized carbons (Fsp3) is 0.742. The van der Waals surface area contributed by atoms with Gasteiger partial charge in [-0.25, -0.2) is 9.59 Å². The van der Waals surface area contributed by atoms with Gasteiger partial charge in [0.25, 0.3) is 0 Å². The van der Waals surface area contributed by atoms with E-state index in [4.69, 9.17) is 14.6 Å². The number of rotatable bonds is 6. The number of carbonyl (C=O) groups is 2. The zero-order chi connectivity index (χ0) is 30.9. The Hall–Kier alpha value is -3.08. The molecule has 42 heavy (non-hydrogen) atoms. The lowest BCUT2D eigenvalue weighted by molar-refractivity contribution is 0.0166. The van der Waals surface area contributed by atoms with Crippen LogP contribution in [-0.4, -0.2) is 84.0 Å². The van der Waals surface area contributed by atoms with Gasteiger partial charge in [0.05, 0.1) is 18.0 Å². The molecule has 2 aliphatic heterocycles. The van der Waals surface area contributed by atoms with Crippen LogP contribution in [0.3, 0.4) is 0 Å². The van der Waals surface area contributed by atoms with Gasteiger partial charge in [-0.3, -0.25) is 9.36 Å². The minimum absolute atomic E-state index is 0.0237. The van der Waals surface area contributed by atoms with Crippen LogP contribution in [0.2, 0.25) is 0 Å². The molecule has 0 aliphatic carbocycles. The van der Waals surface area contributed by atoms with E-state index in [1.807, 2.05) is 68.1 Å². The lowest BCUT2D eigenvalue weighted by atomic mass is 9.97. The van der Waals surface area contributed by atoms with Crippen LogP contribution in [0, 0.1) is 11.8 Å². The standard InChI is InChI=1S/C16H27N3O2.C15H25N3O3/c1-5-14-8-11-19(17-14)12-13-6-9-18(10-7-13)15(20)21-16(2,3)4;1-15(2,3)21-14(20)17-7-4-12(5-8-17)10-18-9-6-13(11-19)16-18/h8,11,13H,5-7,9-10,12H2,1-4H3;6,9,12,19H,4-5,7-8,10-11H2,1-3H3. The number of carbonyl (C=O) groups excluding carboxylic acids is 2. The minimum Gasteiger partial charge on any atom is -0.444 e. The summed E-state index contributed by atoms with van der Waals surface area (Å²) in [5, 5.41) is 17.8. The zero-order valence-electron chi connectivity index (χ0n) is 26.7. The zero-order valence-corrected chi connectivity index (χ0v) is 26.7. The highest BCUT2D eigenvalue weighted by Crippen LogP contribution is 2.22. The van der Waals surface area contributed by atoms with Crippen LogP contribution in [-0.2, 0) is 35.6 Å². The highest BCUT2D eigenvalue weighted by atomic mass is 16.6. The Morgan fingerprint density at radius 2 is 1.14 bits per heavy atom. The summed E-state index contributed by atoms with van der Waals surface area (Å²) in [7, 11) is 0. The summed E-state index contributed by atoms with van der Waals surface area (Å²) in [6.45, 7) is 18.3. The molecule has 0 atom stereocenters. The number of hydrogen-bond donors (Lipinski definition) is 1. The van der Waals surface area contributed by atoms with E-state index in [9.17, 15) is 9.59 Å². The van der Waals surface area contributed by atoms with Gasteiger partial charge in [-0.05, 0) is 97.6 Å². The summed E-state index contributed by atoms with van der Waals surface area (Å²) in [5.74, 6) is 1.10. The number of aliphatic hydroxyl groups is 1. The number of aryl methyl sites for hydroxylation is 1. The van der Waals surface area contributed by atoms with Crippen molar-refractivity contribution in [3.8, 4) is 0 Å². The van der Waals surface area contributed by atoms with Crippen molar-refractivity contribution in [2.45, 2.75) is 111 Å². The second-order valence-electron chi connectivity index (χ2n) is 13.4. The monoisotopic (exact) mass is 588 g/mol. The SMILES string of the molecule is CC(C)(C)OC(=O)N1CCC(Cn2ccc(CO)n2)CC1.CCc1ccn(CC2CCN(C(=O)OC(C)(C)C)CC2)n1. The molecule has 0 unspecified atom stereocenters. The van der Waals surface area contributed by atoms with Crippen molar-refractivity contribution in [3.63, 3.8) is 0 Å². The predicted octanol–water partition coefficient (Wildman–Crippen LogP) is 5.12. The molecule has 2 amide bonds. The number of hydrogen-bond acceptors (Lipinski definition) is 7. The summed E-state index contributed by atoms with van der Waals surface area (Å²) < 4.78 is 14.7. The molecule has 1 N–H and O–H groups in total. The summed E-state index contributed by atoms with van der Waals surface area (Å²) >= 11 is 0. The van der Waals surface area contributed by atoms with Gasteiger partial charge in [-0.2, -0.15) is 10.2 Å². The number of piperidine rings is 2. The predicted molar refractivity (Wildman–Crippen MR) is 161 cm³/mol. The Labute approximate surface area is 251 Å². The van der Waals surface area contributed by atoms with Gasteiger partial charge in [0.1, 0.15) is 11.2 Å². The maximum atomic E-state index is 12.0. The van der Waals surface area contributed by atoms with E-state index in [1.54, 1.807) is 4.90 Å². The van der Waals surface area contributed by atoms with Gasteiger partial charge in [0.2, 0.25) is 0 Å². The van der Waals surface area contributed by atoms with Gasteiger partial charge in [0, 0.05) is 51.7 Å². The quantitative estimate of drug-likeness (QED) is 0.498. The van der Waals surface area contributed by atoms with E-state index in [2.05, 4.69) is 29.4 Å². The fourth-order valence-electron chi connectivity index (χ4n) is 5.06. The van der Waals surface area contributed by atoms with Crippen molar-refractivity contribution >= 4 is 12.2 Å². The van der Waals surface area contributed by atoms with Gasteiger partial charge in [-0.1, -0.05) is 6.92 Å². The molecular weight excluding hydrogens is 536 g/mol. The number of nitrogens with zero attached hydrogens (tertiary/aromatic N) is 6. The molecule has 2 aromatic rings. The Balaban J connectivity index is 0.000000230. The molecule has 0 radical (unpaired) electrons. The van der Waals surface area contributed by atoms with E-state index in [0.29, 0.717) is 17.5 Å². The molecule has 11 heteroatoms. The highest BCUT2D eigenvalue weighted by Gasteiger charge is 2.28. The molecule has 4 rings (SSSR count). The Bertz CT molecular complexity index is 1030. The highest BCUT2D eigenvalue weighted by molar-refractivity contribution is 5.68. The number of likely N-dealkylation sites (tertiary alicyclic amines) is 2. The third-order valence-corrected chi connectivity index (χ3v) is 7.34. The molecule has 0 bridgehead atoms. The molecule has 2 fully saturated rings. The van der Waals surface area contributed by atoms with Crippen LogP contribution in [0.5, 0.6) is 0 Å². The first-order chi connectivity index (χ1) is 19.7. The first-order valence-corrected chi connectivity index (χ1v) is 15.4. The first kappa shape index (κ1) is 33.4. The van der Waals surface area contributed by atoms with E-state index >= 15 is 0 Å². The lowest BCUT2D eigenvalue weighted by Crippen LogP contribution is -2.42. The van der Waals surface area contributed by atoms with Crippen molar-refractivity contribution < 1.29 is 24.2 Å². The molecule has 2 aliphatic rings. The number of aromatic nitrogens is 4.